The second-order valence-corrected chi connectivity index (χ2v) is 4.87. The number of benzene rings is 1. The topological polar surface area (TPSA) is 69.6 Å². The lowest BCUT2D eigenvalue weighted by Crippen LogP contribution is -1.91. The van der Waals surface area contributed by atoms with E-state index in [-0.39, 0.29) is 0 Å². The van der Waals surface area contributed by atoms with Crippen molar-refractivity contribution in [3.05, 3.63) is 48.9 Å². The number of rotatable bonds is 3. The van der Waals surface area contributed by atoms with E-state index < -0.39 is 0 Å². The highest BCUT2D eigenvalue weighted by Gasteiger charge is 2.12. The standard InChI is InChI=1S/C16H13N5O/c1-2-21-10-18-12-7-6-11(9-14(12)21)15-19-16(22-20-15)13-5-3-4-8-17-13/h3-10H,2H2,1H3. The number of hydrogen-bond acceptors (Lipinski definition) is 5. The van der Waals surface area contributed by atoms with Crippen molar-refractivity contribution in [2.24, 2.45) is 0 Å². The van der Waals surface area contributed by atoms with Crippen LogP contribution in [0.5, 0.6) is 0 Å². The maximum absolute atomic E-state index is 5.31. The molecule has 0 radical (unpaired) electrons. The molecule has 0 atom stereocenters. The van der Waals surface area contributed by atoms with Gasteiger partial charge in [-0.15, -0.1) is 0 Å². The highest BCUT2D eigenvalue weighted by atomic mass is 16.5. The van der Waals surface area contributed by atoms with Gasteiger partial charge in [0.05, 0.1) is 17.4 Å². The SMILES string of the molecule is CCn1cnc2ccc(-c3noc(-c4ccccn4)n3)cc21. The number of imidazole rings is 1. The molecule has 0 unspecified atom stereocenters. The quantitative estimate of drug-likeness (QED) is 0.580. The molecule has 0 bridgehead atoms. The van der Waals surface area contributed by atoms with Gasteiger partial charge in [0.2, 0.25) is 5.82 Å². The minimum absolute atomic E-state index is 0.416. The van der Waals surface area contributed by atoms with Gasteiger partial charge in [0, 0.05) is 18.3 Å². The third-order valence-electron chi connectivity index (χ3n) is 3.53. The second kappa shape index (κ2) is 5.07. The molecular formula is C16H13N5O. The minimum Gasteiger partial charge on any atom is -0.332 e. The van der Waals surface area contributed by atoms with Gasteiger partial charge in [0.1, 0.15) is 5.69 Å². The average molecular weight is 291 g/mol. The molecule has 0 N–H and O–H groups in total. The Hall–Kier alpha value is -3.02. The van der Waals surface area contributed by atoms with E-state index in [9.17, 15) is 0 Å². The molecule has 0 fully saturated rings. The molecule has 3 aromatic heterocycles. The van der Waals surface area contributed by atoms with Crippen molar-refractivity contribution in [3.8, 4) is 23.0 Å². The molecule has 0 amide bonds. The molecule has 0 spiro atoms. The van der Waals surface area contributed by atoms with Gasteiger partial charge in [-0.1, -0.05) is 11.2 Å². The molecule has 0 aliphatic rings. The van der Waals surface area contributed by atoms with Crippen LogP contribution >= 0.6 is 0 Å². The molecule has 6 nitrogen and oxygen atoms in total. The van der Waals surface area contributed by atoms with Crippen LogP contribution in [-0.4, -0.2) is 24.7 Å². The van der Waals surface area contributed by atoms with E-state index in [1.807, 2.05) is 42.7 Å². The second-order valence-electron chi connectivity index (χ2n) is 4.87. The van der Waals surface area contributed by atoms with Crippen molar-refractivity contribution in [2.45, 2.75) is 13.5 Å². The first-order valence-electron chi connectivity index (χ1n) is 7.05. The van der Waals surface area contributed by atoms with Gasteiger partial charge in [-0.3, -0.25) is 4.98 Å². The van der Waals surface area contributed by atoms with E-state index in [2.05, 4.69) is 31.6 Å². The molecule has 0 aliphatic heterocycles. The summed E-state index contributed by atoms with van der Waals surface area (Å²) < 4.78 is 7.39. The smallest absolute Gasteiger partial charge is 0.276 e. The van der Waals surface area contributed by atoms with Crippen LogP contribution in [0.25, 0.3) is 34.0 Å². The summed E-state index contributed by atoms with van der Waals surface area (Å²) in [7, 11) is 0. The third-order valence-corrected chi connectivity index (χ3v) is 3.53. The summed E-state index contributed by atoms with van der Waals surface area (Å²) in [5.41, 5.74) is 3.58. The molecule has 1 aromatic carbocycles. The van der Waals surface area contributed by atoms with Gasteiger partial charge < -0.3 is 9.09 Å². The predicted molar refractivity (Wildman–Crippen MR) is 81.9 cm³/mol. The number of hydrogen-bond donors (Lipinski definition) is 0. The summed E-state index contributed by atoms with van der Waals surface area (Å²) >= 11 is 0. The first-order chi connectivity index (χ1) is 10.8. The zero-order chi connectivity index (χ0) is 14.9. The fourth-order valence-electron chi connectivity index (χ4n) is 2.38. The Balaban J connectivity index is 1.77. The summed E-state index contributed by atoms with van der Waals surface area (Å²) in [6, 6.07) is 11.5. The Kier molecular flexibility index (Phi) is 2.93. The number of aryl methyl sites for hydroxylation is 1. The van der Waals surface area contributed by atoms with Gasteiger partial charge in [0.25, 0.3) is 5.89 Å². The van der Waals surface area contributed by atoms with Gasteiger partial charge in [-0.2, -0.15) is 4.98 Å². The molecule has 0 aliphatic carbocycles. The zero-order valence-electron chi connectivity index (χ0n) is 12.0. The summed E-state index contributed by atoms with van der Waals surface area (Å²) in [4.78, 5) is 13.0. The number of pyridine rings is 1. The molecule has 3 heterocycles. The Morgan fingerprint density at radius 2 is 2.09 bits per heavy atom. The summed E-state index contributed by atoms with van der Waals surface area (Å²) in [5, 5.41) is 4.05. The van der Waals surface area contributed by atoms with Crippen molar-refractivity contribution < 1.29 is 4.52 Å². The highest BCUT2D eigenvalue weighted by Crippen LogP contribution is 2.24. The lowest BCUT2D eigenvalue weighted by atomic mass is 10.2. The fraction of sp³-hybridized carbons (Fsp3) is 0.125. The van der Waals surface area contributed by atoms with Crippen LogP contribution < -0.4 is 0 Å². The van der Waals surface area contributed by atoms with Crippen LogP contribution in [0.15, 0.2) is 53.4 Å². The summed E-state index contributed by atoms with van der Waals surface area (Å²) in [6.07, 6.45) is 3.54. The van der Waals surface area contributed by atoms with Crippen LogP contribution in [0.3, 0.4) is 0 Å². The molecule has 108 valence electrons. The van der Waals surface area contributed by atoms with Crippen LogP contribution in [0.4, 0.5) is 0 Å². The fourth-order valence-corrected chi connectivity index (χ4v) is 2.38. The minimum atomic E-state index is 0.416. The number of aromatic nitrogens is 5. The summed E-state index contributed by atoms with van der Waals surface area (Å²) in [6.45, 7) is 2.95. The predicted octanol–water partition coefficient (Wildman–Crippen LogP) is 3.17. The molecule has 6 heteroatoms. The third kappa shape index (κ3) is 2.05. The number of fused-ring (bicyclic) bond motifs is 1. The lowest BCUT2D eigenvalue weighted by Gasteiger charge is -2.00. The van der Waals surface area contributed by atoms with Crippen molar-refractivity contribution in [1.29, 1.82) is 0 Å². The van der Waals surface area contributed by atoms with Gasteiger partial charge >= 0.3 is 0 Å². The van der Waals surface area contributed by atoms with Crippen molar-refractivity contribution in [2.75, 3.05) is 0 Å². The molecule has 0 saturated heterocycles. The maximum atomic E-state index is 5.31. The zero-order valence-corrected chi connectivity index (χ0v) is 12.0. The maximum Gasteiger partial charge on any atom is 0.276 e. The van der Waals surface area contributed by atoms with Crippen LogP contribution in [0.2, 0.25) is 0 Å². The van der Waals surface area contributed by atoms with E-state index >= 15 is 0 Å². The monoisotopic (exact) mass is 291 g/mol. The molecule has 22 heavy (non-hydrogen) atoms. The Bertz CT molecular complexity index is 926. The highest BCUT2D eigenvalue weighted by molar-refractivity contribution is 5.80. The van der Waals surface area contributed by atoms with E-state index in [1.165, 1.54) is 0 Å². The van der Waals surface area contributed by atoms with E-state index in [1.54, 1.807) is 6.20 Å². The number of nitrogens with zero attached hydrogens (tertiary/aromatic N) is 5. The molecule has 4 aromatic rings. The van der Waals surface area contributed by atoms with Crippen LogP contribution in [0.1, 0.15) is 6.92 Å². The summed E-state index contributed by atoms with van der Waals surface area (Å²) in [5.74, 6) is 0.964. The lowest BCUT2D eigenvalue weighted by molar-refractivity contribution is 0.431. The average Bonchev–Trinajstić information content (AvgIpc) is 3.22. The Labute approximate surface area is 126 Å². The van der Waals surface area contributed by atoms with Crippen LogP contribution in [-0.2, 0) is 6.54 Å². The van der Waals surface area contributed by atoms with E-state index in [0.29, 0.717) is 17.4 Å². The molecule has 0 saturated carbocycles. The van der Waals surface area contributed by atoms with E-state index in [0.717, 1.165) is 23.1 Å². The van der Waals surface area contributed by atoms with Gasteiger partial charge in [-0.25, -0.2) is 4.98 Å². The van der Waals surface area contributed by atoms with Gasteiger partial charge in [-0.05, 0) is 37.3 Å². The Morgan fingerprint density at radius 3 is 2.91 bits per heavy atom. The first-order valence-corrected chi connectivity index (χ1v) is 7.05. The van der Waals surface area contributed by atoms with E-state index in [4.69, 9.17) is 4.52 Å². The Morgan fingerprint density at radius 1 is 1.14 bits per heavy atom. The van der Waals surface area contributed by atoms with Crippen molar-refractivity contribution in [1.82, 2.24) is 24.7 Å². The van der Waals surface area contributed by atoms with Crippen molar-refractivity contribution in [3.63, 3.8) is 0 Å². The van der Waals surface area contributed by atoms with Crippen LogP contribution in [0, 0.1) is 0 Å². The first kappa shape index (κ1) is 12.7. The van der Waals surface area contributed by atoms with Gasteiger partial charge in [0.15, 0.2) is 0 Å². The molecule has 4 rings (SSSR count). The molecular weight excluding hydrogens is 278 g/mol. The largest absolute Gasteiger partial charge is 0.332 e. The van der Waals surface area contributed by atoms with Crippen molar-refractivity contribution >= 4 is 11.0 Å². The normalized spacial score (nSPS) is 11.1.